The summed E-state index contributed by atoms with van der Waals surface area (Å²) in [5, 5.41) is 10.1. The Morgan fingerprint density at radius 1 is 1.50 bits per heavy atom. The standard InChI is InChI=1S/C12H22N2O2/c1-8(2)5-10(13)11(15)14-6-12(16,7-14)9-3-4-9/h8-10,16H,3-7,13H2,1-2H3/t10-/m1/s1. The molecular formula is C12H22N2O2. The molecule has 1 amide bonds. The molecule has 2 rings (SSSR count). The highest BCUT2D eigenvalue weighted by molar-refractivity contribution is 5.82. The van der Waals surface area contributed by atoms with Gasteiger partial charge in [-0.05, 0) is 31.1 Å². The highest BCUT2D eigenvalue weighted by Gasteiger charge is 2.53. The van der Waals surface area contributed by atoms with E-state index in [1.54, 1.807) is 4.90 Å². The molecule has 4 nitrogen and oxygen atoms in total. The molecule has 1 saturated heterocycles. The molecule has 92 valence electrons. The van der Waals surface area contributed by atoms with Gasteiger partial charge in [0.15, 0.2) is 0 Å². The predicted molar refractivity (Wildman–Crippen MR) is 61.7 cm³/mol. The highest BCUT2D eigenvalue weighted by atomic mass is 16.3. The summed E-state index contributed by atoms with van der Waals surface area (Å²) in [6.45, 7) is 5.10. The van der Waals surface area contributed by atoms with Gasteiger partial charge in [-0.1, -0.05) is 13.8 Å². The lowest BCUT2D eigenvalue weighted by molar-refractivity contribution is -0.160. The van der Waals surface area contributed by atoms with Gasteiger partial charge in [0.05, 0.1) is 19.1 Å². The van der Waals surface area contributed by atoms with Crippen LogP contribution in [0.4, 0.5) is 0 Å². The zero-order valence-corrected chi connectivity index (χ0v) is 10.1. The number of aliphatic hydroxyl groups is 1. The summed E-state index contributed by atoms with van der Waals surface area (Å²) >= 11 is 0. The number of carbonyl (C=O) groups is 1. The summed E-state index contributed by atoms with van der Waals surface area (Å²) < 4.78 is 0. The molecule has 0 aromatic carbocycles. The van der Waals surface area contributed by atoms with Gasteiger partial charge in [-0.15, -0.1) is 0 Å². The van der Waals surface area contributed by atoms with Crippen LogP contribution in [0.2, 0.25) is 0 Å². The van der Waals surface area contributed by atoms with Crippen molar-refractivity contribution in [1.29, 1.82) is 0 Å². The maximum atomic E-state index is 11.9. The Kier molecular flexibility index (Phi) is 2.97. The first-order chi connectivity index (χ1) is 7.42. The van der Waals surface area contributed by atoms with Crippen molar-refractivity contribution >= 4 is 5.91 Å². The summed E-state index contributed by atoms with van der Waals surface area (Å²) in [7, 11) is 0. The predicted octanol–water partition coefficient (Wildman–Crippen LogP) is 0.343. The Hall–Kier alpha value is -0.610. The highest BCUT2D eigenvalue weighted by Crippen LogP contribution is 2.44. The Balaban J connectivity index is 1.80. The van der Waals surface area contributed by atoms with Crippen LogP contribution in [0.15, 0.2) is 0 Å². The third-order valence-corrected chi connectivity index (χ3v) is 3.62. The molecule has 0 radical (unpaired) electrons. The van der Waals surface area contributed by atoms with Crippen LogP contribution in [0.5, 0.6) is 0 Å². The van der Waals surface area contributed by atoms with Crippen LogP contribution < -0.4 is 5.73 Å². The van der Waals surface area contributed by atoms with Gasteiger partial charge >= 0.3 is 0 Å². The van der Waals surface area contributed by atoms with Crippen molar-refractivity contribution in [3.05, 3.63) is 0 Å². The van der Waals surface area contributed by atoms with Crippen molar-refractivity contribution in [2.24, 2.45) is 17.6 Å². The van der Waals surface area contributed by atoms with E-state index in [2.05, 4.69) is 13.8 Å². The molecule has 0 spiro atoms. The third-order valence-electron chi connectivity index (χ3n) is 3.62. The van der Waals surface area contributed by atoms with Gasteiger partial charge in [0.1, 0.15) is 5.60 Å². The fourth-order valence-electron chi connectivity index (χ4n) is 2.49. The van der Waals surface area contributed by atoms with Gasteiger partial charge in [0.2, 0.25) is 5.91 Å². The SMILES string of the molecule is CC(C)C[C@@H](N)C(=O)N1CC(O)(C2CC2)C1. The van der Waals surface area contributed by atoms with Crippen LogP contribution >= 0.6 is 0 Å². The summed E-state index contributed by atoms with van der Waals surface area (Å²) in [6, 6.07) is -0.399. The van der Waals surface area contributed by atoms with Crippen LogP contribution in [0.25, 0.3) is 0 Å². The summed E-state index contributed by atoms with van der Waals surface area (Å²) in [4.78, 5) is 13.6. The smallest absolute Gasteiger partial charge is 0.239 e. The monoisotopic (exact) mass is 226 g/mol. The quantitative estimate of drug-likeness (QED) is 0.726. The molecule has 0 bridgehead atoms. The van der Waals surface area contributed by atoms with Crippen LogP contribution in [-0.2, 0) is 4.79 Å². The number of likely N-dealkylation sites (tertiary alicyclic amines) is 1. The van der Waals surface area contributed by atoms with E-state index in [4.69, 9.17) is 5.73 Å². The lowest BCUT2D eigenvalue weighted by atomic mass is 9.87. The van der Waals surface area contributed by atoms with E-state index in [-0.39, 0.29) is 5.91 Å². The minimum atomic E-state index is -0.590. The van der Waals surface area contributed by atoms with Gasteiger partial charge in [-0.25, -0.2) is 0 Å². The third kappa shape index (κ3) is 2.23. The number of rotatable bonds is 4. The van der Waals surface area contributed by atoms with Crippen LogP contribution in [0.3, 0.4) is 0 Å². The molecule has 0 aromatic rings. The Morgan fingerprint density at radius 3 is 2.50 bits per heavy atom. The van der Waals surface area contributed by atoms with Gasteiger partial charge in [0, 0.05) is 0 Å². The fraction of sp³-hybridized carbons (Fsp3) is 0.917. The average molecular weight is 226 g/mol. The van der Waals surface area contributed by atoms with E-state index in [0.29, 0.717) is 24.9 Å². The van der Waals surface area contributed by atoms with Crippen LogP contribution in [0.1, 0.15) is 33.1 Å². The number of carbonyl (C=O) groups excluding carboxylic acids is 1. The topological polar surface area (TPSA) is 66.6 Å². The van der Waals surface area contributed by atoms with E-state index < -0.39 is 11.6 Å². The van der Waals surface area contributed by atoms with Crippen molar-refractivity contribution in [3.63, 3.8) is 0 Å². The van der Waals surface area contributed by atoms with E-state index in [0.717, 1.165) is 19.3 Å². The van der Waals surface area contributed by atoms with Crippen molar-refractivity contribution < 1.29 is 9.90 Å². The lowest BCUT2D eigenvalue weighted by Crippen LogP contribution is -2.67. The molecule has 1 atom stereocenters. The van der Waals surface area contributed by atoms with Crippen molar-refractivity contribution in [2.45, 2.75) is 44.8 Å². The molecule has 1 aliphatic heterocycles. The summed E-state index contributed by atoms with van der Waals surface area (Å²) in [5.41, 5.74) is 5.25. The van der Waals surface area contributed by atoms with E-state index in [1.165, 1.54) is 0 Å². The van der Waals surface area contributed by atoms with Gasteiger partial charge in [-0.3, -0.25) is 4.79 Å². The molecule has 16 heavy (non-hydrogen) atoms. The zero-order chi connectivity index (χ0) is 11.9. The maximum Gasteiger partial charge on any atom is 0.239 e. The Labute approximate surface area is 96.8 Å². The van der Waals surface area contributed by atoms with Crippen molar-refractivity contribution in [3.8, 4) is 0 Å². The molecule has 4 heteroatoms. The normalized spacial score (nSPS) is 25.4. The Morgan fingerprint density at radius 2 is 2.06 bits per heavy atom. The summed E-state index contributed by atoms with van der Waals surface area (Å²) in [6.07, 6.45) is 2.93. The van der Waals surface area contributed by atoms with Gasteiger partial charge in [-0.2, -0.15) is 0 Å². The van der Waals surface area contributed by atoms with E-state index >= 15 is 0 Å². The lowest BCUT2D eigenvalue weighted by Gasteiger charge is -2.47. The summed E-state index contributed by atoms with van der Waals surface area (Å²) in [5.74, 6) is 0.861. The minimum absolute atomic E-state index is 0.000903. The van der Waals surface area contributed by atoms with Gasteiger partial charge < -0.3 is 15.7 Å². The fourth-order valence-corrected chi connectivity index (χ4v) is 2.49. The number of nitrogens with zero attached hydrogens (tertiary/aromatic N) is 1. The first-order valence-corrected chi connectivity index (χ1v) is 6.19. The second-order valence-electron chi connectivity index (χ2n) is 5.81. The zero-order valence-electron chi connectivity index (χ0n) is 10.1. The molecule has 0 aromatic heterocycles. The second-order valence-corrected chi connectivity index (χ2v) is 5.81. The number of hydrogen-bond acceptors (Lipinski definition) is 3. The van der Waals surface area contributed by atoms with Crippen LogP contribution in [-0.4, -0.2) is 40.6 Å². The maximum absolute atomic E-state index is 11.9. The Bertz CT molecular complexity index is 281. The molecule has 1 heterocycles. The molecule has 2 fully saturated rings. The van der Waals surface area contributed by atoms with Crippen molar-refractivity contribution in [2.75, 3.05) is 13.1 Å². The molecule has 3 N–H and O–H groups in total. The van der Waals surface area contributed by atoms with E-state index in [1.807, 2.05) is 0 Å². The number of nitrogens with two attached hydrogens (primary N) is 1. The molecular weight excluding hydrogens is 204 g/mol. The first-order valence-electron chi connectivity index (χ1n) is 6.19. The van der Waals surface area contributed by atoms with Crippen LogP contribution in [0, 0.1) is 11.8 Å². The molecule has 1 saturated carbocycles. The van der Waals surface area contributed by atoms with E-state index in [9.17, 15) is 9.90 Å². The number of β-amino-alcohol motifs (C(OH)–C–C–N with tert-alkyl or cyclic N) is 1. The minimum Gasteiger partial charge on any atom is -0.386 e. The number of hydrogen-bond donors (Lipinski definition) is 2. The molecule has 2 aliphatic rings. The average Bonchev–Trinajstić information content (AvgIpc) is 2.93. The number of amides is 1. The molecule has 0 unspecified atom stereocenters. The van der Waals surface area contributed by atoms with Gasteiger partial charge in [0.25, 0.3) is 0 Å². The molecule has 1 aliphatic carbocycles. The second kappa shape index (κ2) is 4.00. The largest absolute Gasteiger partial charge is 0.386 e. The van der Waals surface area contributed by atoms with Crippen molar-refractivity contribution in [1.82, 2.24) is 4.90 Å². The first kappa shape index (κ1) is 11.9.